The summed E-state index contributed by atoms with van der Waals surface area (Å²) in [4.78, 5) is 1.43. The summed E-state index contributed by atoms with van der Waals surface area (Å²) in [6.45, 7) is 0. The number of rotatable bonds is 1. The van der Waals surface area contributed by atoms with Crippen molar-refractivity contribution < 1.29 is 5.11 Å². The van der Waals surface area contributed by atoms with E-state index in [-0.39, 0.29) is 10.5 Å². The second-order valence-electron chi connectivity index (χ2n) is 4.17. The largest absolute Gasteiger partial charge is 0.507 e. The van der Waals surface area contributed by atoms with Gasteiger partial charge >= 0.3 is 0 Å². The van der Waals surface area contributed by atoms with Crippen LogP contribution >= 0.6 is 0 Å². The summed E-state index contributed by atoms with van der Waals surface area (Å²) in [6.07, 6.45) is 2.57. The predicted octanol–water partition coefficient (Wildman–Crippen LogP) is 2.85. The van der Waals surface area contributed by atoms with E-state index in [1.165, 1.54) is 28.9 Å². The van der Waals surface area contributed by atoms with Crippen LogP contribution in [-0.2, 0) is 10.5 Å². The molecule has 2 aromatic carbocycles. The number of phenolic OH excluding ortho intramolecular Hbond substituents is 1. The minimum atomic E-state index is -0.0885. The van der Waals surface area contributed by atoms with Crippen molar-refractivity contribution in [1.82, 2.24) is 0 Å². The van der Waals surface area contributed by atoms with Gasteiger partial charge in [-0.25, -0.2) is 0 Å². The highest BCUT2D eigenvalue weighted by Gasteiger charge is 2.16. The van der Waals surface area contributed by atoms with Gasteiger partial charge in [0.1, 0.15) is 10.6 Å². The fourth-order valence-corrected chi connectivity index (χ4v) is 4.74. The van der Waals surface area contributed by atoms with Gasteiger partial charge < -0.3 is 5.11 Å². The first-order chi connectivity index (χ1) is 7.86. The van der Waals surface area contributed by atoms with Crippen LogP contribution in [0.5, 0.6) is 5.75 Å². The maximum atomic E-state index is 9.84. The molecule has 1 N–H and O–H groups in total. The first-order valence-electron chi connectivity index (χ1n) is 5.67. The molecule has 1 heterocycles. The molecule has 0 bridgehead atoms. The number of thiol groups is 1. The molecular weight excluding hydrogens is 216 g/mol. The zero-order valence-electron chi connectivity index (χ0n) is 9.06. The molecule has 2 aromatic rings. The van der Waals surface area contributed by atoms with Crippen molar-refractivity contribution in [3.05, 3.63) is 36.4 Å². The zero-order chi connectivity index (χ0) is 11.0. The maximum Gasteiger partial charge on any atom is 0.124 e. The Morgan fingerprint density at radius 1 is 1.00 bits per heavy atom. The van der Waals surface area contributed by atoms with Gasteiger partial charge in [0.15, 0.2) is 0 Å². The molecule has 0 radical (unpaired) electrons. The molecule has 0 saturated carbocycles. The minimum absolute atomic E-state index is 0.0885. The number of hydrogen-bond acceptors (Lipinski definition) is 1. The second-order valence-corrected chi connectivity index (χ2v) is 6.40. The van der Waals surface area contributed by atoms with Gasteiger partial charge in [-0.1, -0.05) is 18.2 Å². The van der Waals surface area contributed by atoms with Crippen molar-refractivity contribution in [2.24, 2.45) is 0 Å². The molecule has 1 atom stereocenters. The highest BCUT2D eigenvalue weighted by atomic mass is 32.2. The molecule has 16 heavy (non-hydrogen) atoms. The van der Waals surface area contributed by atoms with Crippen LogP contribution in [0, 0.1) is 0 Å². The molecule has 1 unspecified atom stereocenters. The lowest BCUT2D eigenvalue weighted by Gasteiger charge is -2.05. The minimum Gasteiger partial charge on any atom is -0.507 e. The van der Waals surface area contributed by atoms with Crippen LogP contribution in [0.4, 0.5) is 0 Å². The lowest BCUT2D eigenvalue weighted by molar-refractivity contribution is 0.481. The Morgan fingerprint density at radius 3 is 2.56 bits per heavy atom. The summed E-state index contributed by atoms with van der Waals surface area (Å²) in [7, 11) is -0.0885. The summed E-state index contributed by atoms with van der Waals surface area (Å²) in [5, 5.41) is 14.5. The van der Waals surface area contributed by atoms with E-state index < -0.39 is 0 Å². The van der Waals surface area contributed by atoms with Crippen molar-refractivity contribution in [3.63, 3.8) is 0 Å². The Hall–Kier alpha value is -1.28. The fraction of sp³-hybridized carbons (Fsp3) is 0.214. The third kappa shape index (κ3) is 1.54. The van der Waals surface area contributed by atoms with E-state index in [0.29, 0.717) is 5.75 Å². The van der Waals surface area contributed by atoms with Crippen LogP contribution in [0.2, 0.25) is 0 Å². The normalized spacial score (nSPS) is 19.9. The van der Waals surface area contributed by atoms with E-state index in [4.69, 9.17) is 0 Å². The third-order valence-corrected chi connectivity index (χ3v) is 5.65. The van der Waals surface area contributed by atoms with E-state index in [2.05, 4.69) is 23.6 Å². The van der Waals surface area contributed by atoms with Crippen LogP contribution in [0.1, 0.15) is 12.8 Å². The molecule has 2 heteroatoms. The zero-order valence-corrected chi connectivity index (χ0v) is 9.95. The van der Waals surface area contributed by atoms with Gasteiger partial charge in [0.25, 0.3) is 0 Å². The quantitative estimate of drug-likeness (QED) is 0.454. The van der Waals surface area contributed by atoms with Gasteiger partial charge in [0, 0.05) is 17.2 Å². The number of hydrogen-bond donors (Lipinski definition) is 1. The van der Waals surface area contributed by atoms with Gasteiger partial charge in [-0.3, -0.25) is 0 Å². The molecule has 0 spiro atoms. The third-order valence-electron chi connectivity index (χ3n) is 3.14. The molecule has 82 valence electrons. The Kier molecular flexibility index (Phi) is 2.44. The first kappa shape index (κ1) is 9.91. The Balaban J connectivity index is 2.29. The van der Waals surface area contributed by atoms with Gasteiger partial charge in [-0.15, -0.1) is 10.5 Å². The highest BCUT2D eigenvalue weighted by Crippen LogP contribution is 2.30. The van der Waals surface area contributed by atoms with E-state index in [0.717, 1.165) is 5.39 Å². The van der Waals surface area contributed by atoms with E-state index in [9.17, 15) is 5.11 Å². The number of fused-ring (bicyclic) bond motifs is 1. The van der Waals surface area contributed by atoms with Crippen molar-refractivity contribution in [3.8, 4) is 5.75 Å². The van der Waals surface area contributed by atoms with Crippen molar-refractivity contribution in [2.45, 2.75) is 17.7 Å². The van der Waals surface area contributed by atoms with E-state index >= 15 is 0 Å². The lowest BCUT2D eigenvalue weighted by Crippen LogP contribution is -1.94. The molecule has 1 aliphatic heterocycles. The molecule has 1 aliphatic rings. The highest BCUT2D eigenvalue weighted by molar-refractivity contribution is 7.95. The predicted molar refractivity (Wildman–Crippen MR) is 72.8 cm³/mol. The monoisotopic (exact) mass is 231 g/mol. The van der Waals surface area contributed by atoms with Gasteiger partial charge in [-0.2, -0.15) is 0 Å². The molecule has 1 nitrogen and oxygen atoms in total. The van der Waals surface area contributed by atoms with Crippen LogP contribution in [0.25, 0.3) is 10.8 Å². The average molecular weight is 231 g/mol. The van der Waals surface area contributed by atoms with Gasteiger partial charge in [0.05, 0.1) is 11.1 Å². The molecule has 0 aliphatic carbocycles. The van der Waals surface area contributed by atoms with Crippen molar-refractivity contribution >= 4 is 26.6 Å². The van der Waals surface area contributed by atoms with Gasteiger partial charge in [-0.05, 0) is 24.6 Å². The van der Waals surface area contributed by atoms with Crippen molar-refractivity contribution in [1.29, 1.82) is 0 Å². The molecule has 3 rings (SSSR count). The Bertz CT molecular complexity index is 572. The molecule has 0 saturated heterocycles. The number of aromatic hydroxyl groups is 1. The van der Waals surface area contributed by atoms with Crippen LogP contribution in [-0.4, -0.2) is 16.2 Å². The summed E-state index contributed by atoms with van der Waals surface area (Å²) in [6, 6.07) is 12.1. The maximum absolute atomic E-state index is 9.84. The van der Waals surface area contributed by atoms with Crippen LogP contribution < -0.4 is 0 Å². The fourth-order valence-electron chi connectivity index (χ4n) is 2.34. The van der Waals surface area contributed by atoms with E-state index in [1.807, 2.05) is 18.2 Å². The SMILES string of the molecule is Oc1ccc([SH+]2=CCCC2)c2ccccc12. The van der Waals surface area contributed by atoms with Crippen LogP contribution in [0.3, 0.4) is 0 Å². The molecule has 0 fully saturated rings. The Morgan fingerprint density at radius 2 is 1.81 bits per heavy atom. The average Bonchev–Trinajstić information content (AvgIpc) is 2.83. The second kappa shape index (κ2) is 3.95. The molecule has 0 aromatic heterocycles. The Labute approximate surface area is 97.7 Å². The summed E-state index contributed by atoms with van der Waals surface area (Å²) in [5.41, 5.74) is 0. The standard InChI is InChI=1S/C14H14OS/c15-13-7-8-14(16-9-3-4-10-16)12-6-2-1-5-11(12)13/h1-2,5-9,15H,3-4,10H2/p+1. The lowest BCUT2D eigenvalue weighted by atomic mass is 10.1. The number of benzene rings is 2. The first-order valence-corrected chi connectivity index (χ1v) is 7.26. The smallest absolute Gasteiger partial charge is 0.124 e. The van der Waals surface area contributed by atoms with E-state index in [1.54, 1.807) is 0 Å². The summed E-state index contributed by atoms with van der Waals surface area (Å²) < 4.78 is 0. The topological polar surface area (TPSA) is 20.2 Å². The molecule has 0 amide bonds. The summed E-state index contributed by atoms with van der Waals surface area (Å²) >= 11 is 0. The number of phenols is 1. The molecular formula is C14H15OS+. The van der Waals surface area contributed by atoms with Gasteiger partial charge in [0.2, 0.25) is 0 Å². The summed E-state index contributed by atoms with van der Waals surface area (Å²) in [5.74, 6) is 1.71. The van der Waals surface area contributed by atoms with Crippen molar-refractivity contribution in [2.75, 3.05) is 5.75 Å². The van der Waals surface area contributed by atoms with Crippen LogP contribution in [0.15, 0.2) is 41.3 Å².